The predicted octanol–water partition coefficient (Wildman–Crippen LogP) is 1.35. The van der Waals surface area contributed by atoms with Crippen LogP contribution in [-0.4, -0.2) is 50.1 Å². The standard InChI is InChI=1S/C14H21N3O2.ClH/c1-11-9-15-7-8-17(11)10-14(18)16-12-3-5-13(19-2)6-4-12;/h3-6,11,15H,7-10H2,1-2H3,(H,16,18);1H/t11-;/m1./s1. The fourth-order valence-electron chi connectivity index (χ4n) is 2.18. The van der Waals surface area contributed by atoms with E-state index in [4.69, 9.17) is 4.74 Å². The minimum Gasteiger partial charge on any atom is -0.497 e. The Bertz CT molecular complexity index is 425. The third-order valence-corrected chi connectivity index (χ3v) is 3.36. The first kappa shape index (κ1) is 16.8. The second-order valence-corrected chi connectivity index (χ2v) is 4.80. The second kappa shape index (κ2) is 8.09. The summed E-state index contributed by atoms with van der Waals surface area (Å²) in [5.74, 6) is 0.813. The van der Waals surface area contributed by atoms with Gasteiger partial charge < -0.3 is 15.4 Å². The lowest BCUT2D eigenvalue weighted by atomic mass is 10.2. The van der Waals surface area contributed by atoms with Crippen LogP contribution in [0.4, 0.5) is 5.69 Å². The van der Waals surface area contributed by atoms with E-state index < -0.39 is 0 Å². The van der Waals surface area contributed by atoms with Crippen LogP contribution in [0.3, 0.4) is 0 Å². The van der Waals surface area contributed by atoms with Gasteiger partial charge in [-0.3, -0.25) is 9.69 Å². The minimum atomic E-state index is 0. The number of carbonyl (C=O) groups excluding carboxylic acids is 1. The number of rotatable bonds is 4. The maximum absolute atomic E-state index is 12.0. The van der Waals surface area contributed by atoms with Gasteiger partial charge in [-0.15, -0.1) is 12.4 Å². The van der Waals surface area contributed by atoms with Crippen LogP contribution in [0.1, 0.15) is 6.92 Å². The lowest BCUT2D eigenvalue weighted by Gasteiger charge is -2.33. The summed E-state index contributed by atoms with van der Waals surface area (Å²) in [4.78, 5) is 14.2. The number of hydrogen-bond acceptors (Lipinski definition) is 4. The molecule has 5 nitrogen and oxygen atoms in total. The first-order chi connectivity index (χ1) is 9.19. The van der Waals surface area contributed by atoms with Gasteiger partial charge in [0.2, 0.25) is 5.91 Å². The fraction of sp³-hybridized carbons (Fsp3) is 0.500. The SMILES string of the molecule is COc1ccc(NC(=O)CN2CCNC[C@H]2C)cc1.Cl. The molecule has 1 aromatic rings. The van der Waals surface area contributed by atoms with E-state index in [1.165, 1.54) is 0 Å². The molecule has 1 saturated heterocycles. The van der Waals surface area contributed by atoms with Crippen molar-refractivity contribution >= 4 is 24.0 Å². The van der Waals surface area contributed by atoms with Gasteiger partial charge >= 0.3 is 0 Å². The van der Waals surface area contributed by atoms with Crippen LogP contribution in [0.15, 0.2) is 24.3 Å². The average Bonchev–Trinajstić information content (AvgIpc) is 2.42. The number of amides is 1. The van der Waals surface area contributed by atoms with E-state index >= 15 is 0 Å². The van der Waals surface area contributed by atoms with Crippen LogP contribution in [0, 0.1) is 0 Å². The molecule has 0 radical (unpaired) electrons. The molecular weight excluding hydrogens is 278 g/mol. The molecule has 20 heavy (non-hydrogen) atoms. The smallest absolute Gasteiger partial charge is 0.238 e. The third-order valence-electron chi connectivity index (χ3n) is 3.36. The zero-order chi connectivity index (χ0) is 13.7. The van der Waals surface area contributed by atoms with Gasteiger partial charge in [0.25, 0.3) is 0 Å². The fourth-order valence-corrected chi connectivity index (χ4v) is 2.18. The highest BCUT2D eigenvalue weighted by Crippen LogP contribution is 2.15. The predicted molar refractivity (Wildman–Crippen MR) is 82.8 cm³/mol. The summed E-state index contributed by atoms with van der Waals surface area (Å²) in [5, 5.41) is 6.22. The molecule has 0 unspecified atom stereocenters. The number of methoxy groups -OCH3 is 1. The van der Waals surface area contributed by atoms with Crippen LogP contribution in [0.5, 0.6) is 5.75 Å². The third kappa shape index (κ3) is 4.67. The summed E-state index contributed by atoms with van der Waals surface area (Å²) >= 11 is 0. The van der Waals surface area contributed by atoms with Crippen LogP contribution in [-0.2, 0) is 4.79 Å². The van der Waals surface area contributed by atoms with Crippen molar-refractivity contribution in [1.29, 1.82) is 0 Å². The molecule has 112 valence electrons. The number of nitrogens with one attached hydrogen (secondary N) is 2. The van der Waals surface area contributed by atoms with E-state index in [0.717, 1.165) is 31.1 Å². The summed E-state index contributed by atoms with van der Waals surface area (Å²) in [6, 6.07) is 7.76. The Balaban J connectivity index is 0.00000200. The molecule has 1 heterocycles. The van der Waals surface area contributed by atoms with Gasteiger partial charge in [0.15, 0.2) is 0 Å². The highest BCUT2D eigenvalue weighted by atomic mass is 35.5. The van der Waals surface area contributed by atoms with E-state index in [0.29, 0.717) is 12.6 Å². The topological polar surface area (TPSA) is 53.6 Å². The summed E-state index contributed by atoms with van der Waals surface area (Å²) in [6.45, 7) is 5.37. The molecule has 0 bridgehead atoms. The van der Waals surface area contributed by atoms with Crippen molar-refractivity contribution in [3.63, 3.8) is 0 Å². The summed E-state index contributed by atoms with van der Waals surface area (Å²) in [7, 11) is 1.62. The highest BCUT2D eigenvalue weighted by molar-refractivity contribution is 5.92. The Morgan fingerprint density at radius 2 is 2.15 bits per heavy atom. The highest BCUT2D eigenvalue weighted by Gasteiger charge is 2.20. The van der Waals surface area contributed by atoms with Gasteiger partial charge in [0.1, 0.15) is 5.75 Å². The Labute approximate surface area is 126 Å². The largest absolute Gasteiger partial charge is 0.497 e. The Morgan fingerprint density at radius 3 is 2.75 bits per heavy atom. The van der Waals surface area contributed by atoms with Crippen LogP contribution in [0.2, 0.25) is 0 Å². The molecule has 2 rings (SSSR count). The normalized spacial score (nSPS) is 19.0. The quantitative estimate of drug-likeness (QED) is 0.881. The van der Waals surface area contributed by atoms with Crippen molar-refractivity contribution in [1.82, 2.24) is 10.2 Å². The number of ether oxygens (including phenoxy) is 1. The molecule has 1 aliphatic rings. The van der Waals surface area contributed by atoms with Crippen molar-refractivity contribution in [2.45, 2.75) is 13.0 Å². The first-order valence-electron chi connectivity index (χ1n) is 6.57. The maximum atomic E-state index is 12.0. The monoisotopic (exact) mass is 299 g/mol. The number of nitrogens with zero attached hydrogens (tertiary/aromatic N) is 1. The molecule has 0 aliphatic carbocycles. The van der Waals surface area contributed by atoms with Crippen LogP contribution in [0.25, 0.3) is 0 Å². The summed E-state index contributed by atoms with van der Waals surface area (Å²) in [6.07, 6.45) is 0. The van der Waals surface area contributed by atoms with Gasteiger partial charge in [-0.05, 0) is 31.2 Å². The molecule has 1 amide bonds. The molecule has 2 N–H and O–H groups in total. The molecule has 1 fully saturated rings. The van der Waals surface area contributed by atoms with Gasteiger partial charge in [-0.1, -0.05) is 0 Å². The van der Waals surface area contributed by atoms with Crippen molar-refractivity contribution < 1.29 is 9.53 Å². The lowest BCUT2D eigenvalue weighted by Crippen LogP contribution is -2.51. The Kier molecular flexibility index (Phi) is 6.78. The molecule has 0 aromatic heterocycles. The number of halogens is 1. The van der Waals surface area contributed by atoms with Crippen molar-refractivity contribution in [3.05, 3.63) is 24.3 Å². The van der Waals surface area contributed by atoms with E-state index in [9.17, 15) is 4.79 Å². The number of anilines is 1. The number of piperazine rings is 1. The van der Waals surface area contributed by atoms with E-state index in [1.54, 1.807) is 7.11 Å². The number of benzene rings is 1. The van der Waals surface area contributed by atoms with Gasteiger partial charge in [0.05, 0.1) is 13.7 Å². The molecule has 1 aliphatic heterocycles. The molecular formula is C14H22ClN3O2. The Morgan fingerprint density at radius 1 is 1.45 bits per heavy atom. The zero-order valence-corrected chi connectivity index (χ0v) is 12.7. The average molecular weight is 300 g/mol. The summed E-state index contributed by atoms with van der Waals surface area (Å²) < 4.78 is 5.08. The maximum Gasteiger partial charge on any atom is 0.238 e. The molecule has 1 atom stereocenters. The zero-order valence-electron chi connectivity index (χ0n) is 11.9. The van der Waals surface area contributed by atoms with Crippen molar-refractivity contribution in [2.75, 3.05) is 38.6 Å². The van der Waals surface area contributed by atoms with Gasteiger partial charge in [-0.2, -0.15) is 0 Å². The first-order valence-corrected chi connectivity index (χ1v) is 6.57. The van der Waals surface area contributed by atoms with E-state index in [-0.39, 0.29) is 18.3 Å². The Hall–Kier alpha value is -1.30. The molecule has 0 saturated carbocycles. The number of hydrogen-bond donors (Lipinski definition) is 2. The summed E-state index contributed by atoms with van der Waals surface area (Å²) in [5.41, 5.74) is 0.800. The molecule has 0 spiro atoms. The van der Waals surface area contributed by atoms with Gasteiger partial charge in [-0.25, -0.2) is 0 Å². The minimum absolute atomic E-state index is 0. The lowest BCUT2D eigenvalue weighted by molar-refractivity contribution is -0.118. The molecule has 6 heteroatoms. The van der Waals surface area contributed by atoms with Gasteiger partial charge in [0, 0.05) is 31.4 Å². The number of carbonyl (C=O) groups is 1. The van der Waals surface area contributed by atoms with Crippen LogP contribution >= 0.6 is 12.4 Å². The molecule has 1 aromatic carbocycles. The van der Waals surface area contributed by atoms with E-state index in [2.05, 4.69) is 22.5 Å². The van der Waals surface area contributed by atoms with Crippen LogP contribution < -0.4 is 15.4 Å². The van der Waals surface area contributed by atoms with E-state index in [1.807, 2.05) is 24.3 Å². The van der Waals surface area contributed by atoms with Crippen molar-refractivity contribution in [2.24, 2.45) is 0 Å². The second-order valence-electron chi connectivity index (χ2n) is 4.80. The van der Waals surface area contributed by atoms with Crippen molar-refractivity contribution in [3.8, 4) is 5.75 Å².